The predicted octanol–water partition coefficient (Wildman–Crippen LogP) is 1.02. The van der Waals surface area contributed by atoms with E-state index in [0.717, 1.165) is 12.1 Å². The number of benzene rings is 1. The van der Waals surface area contributed by atoms with Gasteiger partial charge in [0.1, 0.15) is 11.6 Å². The van der Waals surface area contributed by atoms with Gasteiger partial charge in [0, 0.05) is 6.07 Å². The van der Waals surface area contributed by atoms with Crippen LogP contribution in [0, 0.1) is 5.82 Å². The predicted molar refractivity (Wildman–Crippen MR) is 63.6 cm³/mol. The van der Waals surface area contributed by atoms with Gasteiger partial charge in [0.2, 0.25) is 0 Å². The van der Waals surface area contributed by atoms with Crippen molar-refractivity contribution in [3.63, 3.8) is 0 Å². The summed E-state index contributed by atoms with van der Waals surface area (Å²) in [5, 5.41) is 1.87. The van der Waals surface area contributed by atoms with Gasteiger partial charge in [-0.1, -0.05) is 11.6 Å². The van der Waals surface area contributed by atoms with Crippen LogP contribution in [0.1, 0.15) is 6.92 Å². The number of urea groups is 1. The van der Waals surface area contributed by atoms with Crippen LogP contribution in [0.3, 0.4) is 0 Å². The number of anilines is 1. The molecule has 0 aliphatic rings. The fourth-order valence-corrected chi connectivity index (χ4v) is 1.32. The van der Waals surface area contributed by atoms with Gasteiger partial charge in [0.05, 0.1) is 10.7 Å². The molecule has 0 radical (unpaired) electrons. The Labute approximate surface area is 107 Å². The number of primary amides is 1. The molecule has 0 heterocycles. The van der Waals surface area contributed by atoms with E-state index < -0.39 is 23.9 Å². The molecule has 1 aromatic rings. The summed E-state index contributed by atoms with van der Waals surface area (Å²) in [6.45, 7) is 1.35. The summed E-state index contributed by atoms with van der Waals surface area (Å²) >= 11 is 5.76. The summed E-state index contributed by atoms with van der Waals surface area (Å²) in [7, 11) is 0. The van der Waals surface area contributed by atoms with Gasteiger partial charge in [0.25, 0.3) is 5.91 Å². The molecular formula is C10H11ClFN3O3. The third-order valence-electron chi connectivity index (χ3n) is 1.97. The Bertz CT molecular complexity index is 496. The van der Waals surface area contributed by atoms with Crippen LogP contribution in [0.15, 0.2) is 12.1 Å². The molecule has 0 aliphatic heterocycles. The maximum atomic E-state index is 13.2. The first-order valence-electron chi connectivity index (χ1n) is 4.82. The number of carbonyl (C=O) groups excluding carboxylic acids is 2. The smallest absolute Gasteiger partial charge is 0.318 e. The van der Waals surface area contributed by atoms with Crippen molar-refractivity contribution in [2.45, 2.75) is 13.0 Å². The minimum absolute atomic E-state index is 0.0487. The second-order valence-corrected chi connectivity index (χ2v) is 3.82. The first-order valence-corrected chi connectivity index (χ1v) is 5.20. The summed E-state index contributed by atoms with van der Waals surface area (Å²) in [5.74, 6) is -1.55. The summed E-state index contributed by atoms with van der Waals surface area (Å²) < 4.78 is 18.3. The molecule has 8 heteroatoms. The molecule has 0 bridgehead atoms. The number of halogens is 2. The van der Waals surface area contributed by atoms with E-state index in [1.165, 1.54) is 6.92 Å². The largest absolute Gasteiger partial charge is 0.479 e. The van der Waals surface area contributed by atoms with Crippen molar-refractivity contribution in [3.8, 4) is 5.75 Å². The van der Waals surface area contributed by atoms with Crippen molar-refractivity contribution < 1.29 is 18.7 Å². The number of nitrogens with one attached hydrogen (secondary N) is 1. The number of amides is 3. The molecule has 18 heavy (non-hydrogen) atoms. The van der Waals surface area contributed by atoms with Crippen LogP contribution in [0.2, 0.25) is 5.02 Å². The van der Waals surface area contributed by atoms with Crippen LogP contribution in [-0.4, -0.2) is 18.0 Å². The lowest BCUT2D eigenvalue weighted by molar-refractivity contribution is -0.126. The molecule has 6 nitrogen and oxygen atoms in total. The van der Waals surface area contributed by atoms with Crippen molar-refractivity contribution >= 4 is 29.2 Å². The average molecular weight is 276 g/mol. The van der Waals surface area contributed by atoms with Crippen molar-refractivity contribution in [2.75, 3.05) is 5.73 Å². The minimum Gasteiger partial charge on any atom is -0.479 e. The van der Waals surface area contributed by atoms with Gasteiger partial charge in [-0.15, -0.1) is 0 Å². The summed E-state index contributed by atoms with van der Waals surface area (Å²) in [6.07, 6.45) is -1.07. The van der Waals surface area contributed by atoms with Gasteiger partial charge in [0.15, 0.2) is 6.10 Å². The van der Waals surface area contributed by atoms with Crippen molar-refractivity contribution in [1.29, 1.82) is 0 Å². The zero-order chi connectivity index (χ0) is 13.9. The standard InChI is InChI=1S/C10H11ClFN3O3/c1-4(9(16)15-10(14)17)18-8-3-6(12)7(13)2-5(8)11/h2-4H,13H2,1H3,(H3,14,15,16,17). The number of rotatable bonds is 3. The molecule has 1 atom stereocenters. The van der Waals surface area contributed by atoms with Crippen molar-refractivity contribution in [2.24, 2.45) is 5.73 Å². The Hall–Kier alpha value is -2.02. The molecule has 1 aromatic carbocycles. The van der Waals surface area contributed by atoms with Gasteiger partial charge < -0.3 is 16.2 Å². The zero-order valence-electron chi connectivity index (χ0n) is 9.37. The fraction of sp³-hybridized carbons (Fsp3) is 0.200. The molecular weight excluding hydrogens is 265 g/mol. The zero-order valence-corrected chi connectivity index (χ0v) is 10.1. The van der Waals surface area contributed by atoms with E-state index in [9.17, 15) is 14.0 Å². The SMILES string of the molecule is CC(Oc1cc(F)c(N)cc1Cl)C(=O)NC(N)=O. The maximum Gasteiger partial charge on any atom is 0.318 e. The molecule has 1 rings (SSSR count). The van der Waals surface area contributed by atoms with Crippen LogP contribution in [-0.2, 0) is 4.79 Å². The van der Waals surface area contributed by atoms with Gasteiger partial charge in [-0.2, -0.15) is 0 Å². The van der Waals surface area contributed by atoms with E-state index in [0.29, 0.717) is 0 Å². The lowest BCUT2D eigenvalue weighted by Gasteiger charge is -2.14. The Morgan fingerprint density at radius 1 is 1.50 bits per heavy atom. The summed E-state index contributed by atoms with van der Waals surface area (Å²) in [6, 6.07) is 1.10. The Morgan fingerprint density at radius 2 is 2.11 bits per heavy atom. The molecule has 5 N–H and O–H groups in total. The van der Waals surface area contributed by atoms with E-state index in [2.05, 4.69) is 0 Å². The van der Waals surface area contributed by atoms with Crippen LogP contribution in [0.4, 0.5) is 14.9 Å². The number of nitrogen functional groups attached to an aromatic ring is 1. The molecule has 0 saturated carbocycles. The van der Waals surface area contributed by atoms with Crippen LogP contribution in [0.5, 0.6) is 5.75 Å². The summed E-state index contributed by atoms with van der Waals surface area (Å²) in [5.41, 5.74) is 9.92. The van der Waals surface area contributed by atoms with Crippen LogP contribution >= 0.6 is 11.6 Å². The van der Waals surface area contributed by atoms with Crippen molar-refractivity contribution in [3.05, 3.63) is 23.0 Å². The second-order valence-electron chi connectivity index (χ2n) is 3.42. The van der Waals surface area contributed by atoms with Crippen LogP contribution < -0.4 is 21.5 Å². The number of carbonyl (C=O) groups is 2. The highest BCUT2D eigenvalue weighted by Crippen LogP contribution is 2.29. The molecule has 3 amide bonds. The topological polar surface area (TPSA) is 107 Å². The third kappa shape index (κ3) is 3.49. The average Bonchev–Trinajstić information content (AvgIpc) is 2.24. The lowest BCUT2D eigenvalue weighted by atomic mass is 10.3. The first-order chi connectivity index (χ1) is 8.31. The van der Waals surface area contributed by atoms with E-state index in [1.807, 2.05) is 5.32 Å². The van der Waals surface area contributed by atoms with Crippen molar-refractivity contribution in [1.82, 2.24) is 5.32 Å². The summed E-state index contributed by atoms with van der Waals surface area (Å²) in [4.78, 5) is 21.8. The molecule has 0 aliphatic carbocycles. The Kier molecular flexibility index (Phi) is 4.33. The van der Waals surface area contributed by atoms with Crippen LogP contribution in [0.25, 0.3) is 0 Å². The first kappa shape index (κ1) is 14.0. The number of hydrogen-bond donors (Lipinski definition) is 3. The number of nitrogens with two attached hydrogens (primary N) is 2. The van der Waals surface area contributed by atoms with E-state index in [4.69, 9.17) is 27.8 Å². The van der Waals surface area contributed by atoms with E-state index in [-0.39, 0.29) is 16.5 Å². The third-order valence-corrected chi connectivity index (χ3v) is 2.27. The molecule has 0 saturated heterocycles. The monoisotopic (exact) mass is 275 g/mol. The molecule has 0 aromatic heterocycles. The second kappa shape index (κ2) is 5.54. The number of ether oxygens (including phenoxy) is 1. The normalized spacial score (nSPS) is 11.7. The van der Waals surface area contributed by atoms with Gasteiger partial charge in [-0.25, -0.2) is 9.18 Å². The molecule has 1 unspecified atom stereocenters. The number of hydrogen-bond acceptors (Lipinski definition) is 4. The highest BCUT2D eigenvalue weighted by atomic mass is 35.5. The highest BCUT2D eigenvalue weighted by Gasteiger charge is 2.18. The lowest BCUT2D eigenvalue weighted by Crippen LogP contribution is -2.42. The highest BCUT2D eigenvalue weighted by molar-refractivity contribution is 6.32. The Balaban J connectivity index is 2.81. The quantitative estimate of drug-likeness (QED) is 0.716. The van der Waals surface area contributed by atoms with Gasteiger partial charge >= 0.3 is 6.03 Å². The van der Waals surface area contributed by atoms with Gasteiger partial charge in [-0.3, -0.25) is 10.1 Å². The van der Waals surface area contributed by atoms with E-state index >= 15 is 0 Å². The Morgan fingerprint density at radius 3 is 2.67 bits per heavy atom. The maximum absolute atomic E-state index is 13.2. The minimum atomic E-state index is -1.07. The van der Waals surface area contributed by atoms with E-state index in [1.54, 1.807) is 0 Å². The molecule has 0 fully saturated rings. The molecule has 98 valence electrons. The number of imide groups is 1. The van der Waals surface area contributed by atoms with Gasteiger partial charge in [-0.05, 0) is 13.0 Å². The fourth-order valence-electron chi connectivity index (χ4n) is 1.10. The molecule has 0 spiro atoms.